The number of hydrogen-bond donors (Lipinski definition) is 3. The summed E-state index contributed by atoms with van der Waals surface area (Å²) in [5.41, 5.74) is 9.37. The number of aryl methyl sites for hydroxylation is 1. The number of aliphatic hydroxyl groups excluding tert-OH is 1. The number of amides is 1. The van der Waals surface area contributed by atoms with Gasteiger partial charge in [0.1, 0.15) is 16.3 Å². The minimum Gasteiger partial charge on any atom is -0.444 e. The van der Waals surface area contributed by atoms with Gasteiger partial charge in [0.2, 0.25) is 0 Å². The molecule has 0 bridgehead atoms. The highest BCUT2D eigenvalue weighted by Gasteiger charge is 2.50. The number of fused-ring (bicyclic) bond motifs is 1. The second kappa shape index (κ2) is 12.6. The van der Waals surface area contributed by atoms with Crippen LogP contribution >= 0.6 is 23.4 Å². The van der Waals surface area contributed by atoms with Gasteiger partial charge in [-0.15, -0.1) is 0 Å². The van der Waals surface area contributed by atoms with Gasteiger partial charge < -0.3 is 34.9 Å². The molecule has 0 radical (unpaired) electrons. The molecule has 2 fully saturated rings. The first kappa shape index (κ1) is 32.4. The first-order chi connectivity index (χ1) is 21.9. The molecule has 2 aliphatic rings. The van der Waals surface area contributed by atoms with E-state index in [4.69, 9.17) is 41.8 Å². The van der Waals surface area contributed by atoms with E-state index in [0.29, 0.717) is 52.6 Å². The van der Waals surface area contributed by atoms with Crippen LogP contribution in [0.1, 0.15) is 51.9 Å². The molecule has 13 heteroatoms. The Bertz CT molecular complexity index is 1750. The number of aromatic nitrogens is 4. The summed E-state index contributed by atoms with van der Waals surface area (Å²) >= 11 is 8.27. The van der Waals surface area contributed by atoms with Crippen LogP contribution in [0.5, 0.6) is 0 Å². The third-order valence-electron chi connectivity index (χ3n) is 8.67. The Morgan fingerprint density at radius 2 is 1.91 bits per heavy atom. The van der Waals surface area contributed by atoms with Crippen molar-refractivity contribution in [3.05, 3.63) is 59.1 Å². The molecule has 3 aromatic heterocycles. The summed E-state index contributed by atoms with van der Waals surface area (Å²) in [5.74, 6) is 0.672. The van der Waals surface area contributed by atoms with Crippen LogP contribution in [0.4, 0.5) is 16.3 Å². The van der Waals surface area contributed by atoms with E-state index in [9.17, 15) is 9.90 Å². The van der Waals surface area contributed by atoms with Crippen molar-refractivity contribution in [2.45, 2.75) is 81.7 Å². The second-order valence-corrected chi connectivity index (χ2v) is 14.5. The van der Waals surface area contributed by atoms with Crippen molar-refractivity contribution in [1.29, 1.82) is 0 Å². The Balaban J connectivity index is 1.18. The predicted octanol–water partition coefficient (Wildman–Crippen LogP) is 5.88. The predicted molar refractivity (Wildman–Crippen MR) is 179 cm³/mol. The number of aliphatic hydroxyl groups is 1. The average Bonchev–Trinajstić information content (AvgIpc) is 3.57. The Hall–Kier alpha value is -3.58. The molecule has 2 aliphatic heterocycles. The largest absolute Gasteiger partial charge is 0.444 e. The number of nitrogens with zero attached hydrogens (tertiary/aromatic N) is 5. The maximum atomic E-state index is 12.6. The molecule has 4 N–H and O–H groups in total. The zero-order chi connectivity index (χ0) is 32.8. The molecule has 0 aliphatic carbocycles. The topological polar surface area (TPSA) is 140 Å². The number of hydrogen-bond acceptors (Lipinski definition) is 10. The van der Waals surface area contributed by atoms with E-state index >= 15 is 0 Å². The van der Waals surface area contributed by atoms with E-state index < -0.39 is 11.7 Å². The SMILES string of the molecule is Cc1nc(N2CCC3(CC2)CO[C@@H](C)[C@H]3NC(=O)OC(C)(C)C)c(CO)nc1Sc1ccn2cc(-c3ccc(N)cc3)nc2c1Cl. The summed E-state index contributed by atoms with van der Waals surface area (Å²) < 4.78 is 13.5. The molecule has 1 aromatic carbocycles. The molecule has 4 aromatic rings. The lowest BCUT2D eigenvalue weighted by atomic mass is 9.73. The van der Waals surface area contributed by atoms with Crippen LogP contribution in [-0.2, 0) is 16.1 Å². The number of imidazole rings is 1. The fourth-order valence-electron chi connectivity index (χ4n) is 6.26. The summed E-state index contributed by atoms with van der Waals surface area (Å²) in [6, 6.07) is 9.32. The summed E-state index contributed by atoms with van der Waals surface area (Å²) in [7, 11) is 0. The van der Waals surface area contributed by atoms with Gasteiger partial charge in [0.15, 0.2) is 11.5 Å². The van der Waals surface area contributed by atoms with Gasteiger partial charge in [0, 0.05) is 47.0 Å². The third-order valence-corrected chi connectivity index (χ3v) is 10.3. The maximum Gasteiger partial charge on any atom is 0.407 e. The molecule has 46 heavy (non-hydrogen) atoms. The minimum atomic E-state index is -0.579. The van der Waals surface area contributed by atoms with Crippen LogP contribution in [0, 0.1) is 12.3 Å². The monoisotopic (exact) mass is 665 g/mol. The summed E-state index contributed by atoms with van der Waals surface area (Å²) in [5, 5.41) is 14.6. The Morgan fingerprint density at radius 3 is 2.59 bits per heavy atom. The standard InChI is InChI=1S/C33H40ClN7O4S/c1-19-30(46-25-10-13-41-16-23(37-29(41)26(25)34)21-6-8-22(35)9-7-21)38-24(17-42)28(36-19)40-14-11-33(12-15-40)18-44-20(2)27(33)39-31(43)45-32(3,4)5/h6-10,13,16,20,27,42H,11-12,14-15,17-18,35H2,1-5H3,(H,39,43)/t20-,27+/m0/s1. The normalized spacial score (nSPS) is 19.6. The van der Waals surface area contributed by atoms with Crippen LogP contribution in [0.15, 0.2) is 52.6 Å². The zero-order valence-electron chi connectivity index (χ0n) is 26.7. The number of ether oxygens (including phenoxy) is 2. The number of rotatable bonds is 6. The lowest BCUT2D eigenvalue weighted by molar-refractivity contribution is 0.0434. The molecule has 11 nitrogen and oxygen atoms in total. The number of nitrogens with two attached hydrogens (primary N) is 1. The number of benzene rings is 1. The lowest BCUT2D eigenvalue weighted by Crippen LogP contribution is -2.55. The fourth-order valence-corrected chi connectivity index (χ4v) is 7.45. The third kappa shape index (κ3) is 6.48. The molecular weight excluding hydrogens is 626 g/mol. The lowest BCUT2D eigenvalue weighted by Gasteiger charge is -2.43. The van der Waals surface area contributed by atoms with Gasteiger partial charge in [-0.25, -0.2) is 19.7 Å². The quantitative estimate of drug-likeness (QED) is 0.214. The molecule has 2 atom stereocenters. The van der Waals surface area contributed by atoms with E-state index in [2.05, 4.69) is 10.2 Å². The van der Waals surface area contributed by atoms with Crippen LogP contribution in [0.3, 0.4) is 0 Å². The van der Waals surface area contributed by atoms with E-state index in [0.717, 1.165) is 34.7 Å². The van der Waals surface area contributed by atoms with E-state index in [1.54, 1.807) is 0 Å². The number of halogens is 1. The molecule has 2 saturated heterocycles. The smallest absolute Gasteiger partial charge is 0.407 e. The highest BCUT2D eigenvalue weighted by Crippen LogP contribution is 2.44. The number of anilines is 2. The van der Waals surface area contributed by atoms with Crippen molar-refractivity contribution in [2.24, 2.45) is 5.41 Å². The van der Waals surface area contributed by atoms with Gasteiger partial charge in [0.25, 0.3) is 0 Å². The van der Waals surface area contributed by atoms with Gasteiger partial charge in [-0.2, -0.15) is 0 Å². The number of nitrogen functional groups attached to an aromatic ring is 1. The van der Waals surface area contributed by atoms with Crippen molar-refractivity contribution in [3.63, 3.8) is 0 Å². The van der Waals surface area contributed by atoms with Crippen LogP contribution in [0.2, 0.25) is 5.02 Å². The highest BCUT2D eigenvalue weighted by atomic mass is 35.5. The fraction of sp³-hybridized carbons (Fsp3) is 0.455. The molecule has 6 rings (SSSR count). The molecule has 244 valence electrons. The second-order valence-electron chi connectivity index (χ2n) is 13.1. The van der Waals surface area contributed by atoms with Crippen molar-refractivity contribution in [3.8, 4) is 11.3 Å². The van der Waals surface area contributed by atoms with E-state index in [1.165, 1.54) is 11.8 Å². The maximum absolute atomic E-state index is 12.6. The van der Waals surface area contributed by atoms with Gasteiger partial charge in [-0.05, 0) is 65.7 Å². The van der Waals surface area contributed by atoms with Gasteiger partial charge >= 0.3 is 6.09 Å². The van der Waals surface area contributed by atoms with Gasteiger partial charge in [0.05, 0.1) is 41.8 Å². The number of piperidine rings is 1. The van der Waals surface area contributed by atoms with E-state index in [-0.39, 0.29) is 24.2 Å². The van der Waals surface area contributed by atoms with Crippen molar-refractivity contribution < 1.29 is 19.4 Å². The molecule has 0 saturated carbocycles. The number of carbonyl (C=O) groups excluding carboxylic acids is 1. The van der Waals surface area contributed by atoms with Crippen LogP contribution in [0.25, 0.3) is 16.9 Å². The number of carbonyl (C=O) groups is 1. The van der Waals surface area contributed by atoms with Crippen LogP contribution in [-0.4, -0.2) is 68.0 Å². The number of alkyl carbamates (subject to hydrolysis) is 1. The van der Waals surface area contributed by atoms with Crippen molar-refractivity contribution >= 4 is 46.6 Å². The summed E-state index contributed by atoms with van der Waals surface area (Å²) in [6.45, 7) is 11.2. The Kier molecular flexibility index (Phi) is 8.83. The summed E-state index contributed by atoms with van der Waals surface area (Å²) in [6.07, 6.45) is 4.88. The average molecular weight is 666 g/mol. The molecular formula is C33H40ClN7O4S. The molecule has 1 spiro atoms. The van der Waals surface area contributed by atoms with Crippen molar-refractivity contribution in [1.82, 2.24) is 24.7 Å². The van der Waals surface area contributed by atoms with E-state index in [1.807, 2.05) is 81.7 Å². The summed E-state index contributed by atoms with van der Waals surface area (Å²) in [4.78, 5) is 30.2. The number of nitrogens with one attached hydrogen (secondary N) is 1. The van der Waals surface area contributed by atoms with Gasteiger partial charge in [-0.1, -0.05) is 35.5 Å². The van der Waals surface area contributed by atoms with Crippen molar-refractivity contribution in [2.75, 3.05) is 30.3 Å². The molecule has 1 amide bonds. The zero-order valence-corrected chi connectivity index (χ0v) is 28.3. The number of pyridine rings is 1. The minimum absolute atomic E-state index is 0.122. The molecule has 5 heterocycles. The van der Waals surface area contributed by atoms with Gasteiger partial charge in [-0.3, -0.25) is 0 Å². The first-order valence-electron chi connectivity index (χ1n) is 15.4. The Morgan fingerprint density at radius 1 is 1.20 bits per heavy atom. The Labute approximate surface area is 277 Å². The highest BCUT2D eigenvalue weighted by molar-refractivity contribution is 7.99. The van der Waals surface area contributed by atoms with Crippen LogP contribution < -0.4 is 16.0 Å². The first-order valence-corrected chi connectivity index (χ1v) is 16.6. The molecule has 0 unspecified atom stereocenters.